The van der Waals surface area contributed by atoms with Crippen molar-refractivity contribution in [1.82, 2.24) is 0 Å². The summed E-state index contributed by atoms with van der Waals surface area (Å²) in [6.45, 7) is 4.88. The van der Waals surface area contributed by atoms with E-state index in [1.54, 1.807) is 0 Å². The van der Waals surface area contributed by atoms with Crippen LogP contribution < -0.4 is 0 Å². The molecule has 0 aromatic heterocycles. The van der Waals surface area contributed by atoms with Gasteiger partial charge in [-0.3, -0.25) is 4.79 Å². The molecule has 0 amide bonds. The maximum atomic E-state index is 11.3. The number of carbonyl (C=O) groups is 1. The van der Waals surface area contributed by atoms with E-state index in [1.165, 1.54) is 77.0 Å². The predicted molar refractivity (Wildman–Crippen MR) is 100 cm³/mol. The van der Waals surface area contributed by atoms with Crippen molar-refractivity contribution in [3.63, 3.8) is 0 Å². The number of rotatable bonds is 16. The first-order valence-electron chi connectivity index (χ1n) is 9.46. The van der Waals surface area contributed by atoms with Crippen LogP contribution in [0.15, 0.2) is 0 Å². The summed E-state index contributed by atoms with van der Waals surface area (Å²) in [6.07, 6.45) is 19.0. The minimum atomic E-state index is -0.0140. The Morgan fingerprint density at radius 3 is 1.45 bits per heavy atom. The van der Waals surface area contributed by atoms with Crippen LogP contribution in [-0.2, 0) is 9.53 Å². The maximum absolute atomic E-state index is 11.3. The van der Waals surface area contributed by atoms with Gasteiger partial charge in [-0.25, -0.2) is 0 Å². The molecule has 0 heterocycles. The van der Waals surface area contributed by atoms with E-state index in [1.807, 2.05) is 6.92 Å². The van der Waals surface area contributed by atoms with E-state index in [0.717, 1.165) is 12.8 Å². The van der Waals surface area contributed by atoms with Crippen LogP contribution in [0.1, 0.15) is 110 Å². The van der Waals surface area contributed by atoms with Gasteiger partial charge in [0.1, 0.15) is 0 Å². The third-order valence-electron chi connectivity index (χ3n) is 3.95. The molecule has 0 aromatic rings. The van der Waals surface area contributed by atoms with Crippen LogP contribution in [-0.4, -0.2) is 39.9 Å². The SMILES string of the molecule is CCCCCCCCCCCCCCCC(=O)OCCC.[PbH2]. The van der Waals surface area contributed by atoms with Crippen LogP contribution in [0.5, 0.6) is 0 Å². The zero-order chi connectivity index (χ0) is 15.6. The van der Waals surface area contributed by atoms with E-state index < -0.39 is 0 Å². The van der Waals surface area contributed by atoms with Crippen molar-refractivity contribution in [3.8, 4) is 0 Å². The van der Waals surface area contributed by atoms with Crippen molar-refractivity contribution >= 4 is 33.3 Å². The molecule has 0 rings (SSSR count). The fraction of sp³-hybridized carbons (Fsp3) is 0.947. The number of hydrogen-bond donors (Lipinski definition) is 0. The Balaban J connectivity index is 0. The topological polar surface area (TPSA) is 26.3 Å². The van der Waals surface area contributed by atoms with Crippen molar-refractivity contribution in [3.05, 3.63) is 0 Å². The summed E-state index contributed by atoms with van der Waals surface area (Å²) in [7, 11) is 0. The van der Waals surface area contributed by atoms with Gasteiger partial charge >= 0.3 is 33.3 Å². The number of unbranched alkanes of at least 4 members (excludes halogenated alkanes) is 12. The molecule has 2 radical (unpaired) electrons. The second kappa shape index (κ2) is 21.4. The van der Waals surface area contributed by atoms with E-state index in [0.29, 0.717) is 13.0 Å². The summed E-state index contributed by atoms with van der Waals surface area (Å²) in [5.41, 5.74) is 0. The molecule has 0 bridgehead atoms. The monoisotopic (exact) mass is 508 g/mol. The van der Waals surface area contributed by atoms with Gasteiger partial charge < -0.3 is 4.74 Å². The first kappa shape index (κ1) is 24.6. The Labute approximate surface area is 159 Å². The average molecular weight is 508 g/mol. The zero-order valence-electron chi connectivity index (χ0n) is 15.3. The summed E-state index contributed by atoms with van der Waals surface area (Å²) >= 11 is 0. The van der Waals surface area contributed by atoms with Crippen LogP contribution >= 0.6 is 0 Å². The first-order chi connectivity index (χ1) is 10.3. The Hall–Kier alpha value is 0.392. The molecule has 0 atom stereocenters. The molecule has 22 heavy (non-hydrogen) atoms. The molecular weight excluding hydrogens is 467 g/mol. The zero-order valence-corrected chi connectivity index (χ0v) is 20.8. The van der Waals surface area contributed by atoms with E-state index in [9.17, 15) is 4.79 Å². The molecule has 3 heteroatoms. The Morgan fingerprint density at radius 2 is 1.05 bits per heavy atom. The molecule has 0 N–H and O–H groups in total. The number of esters is 1. The molecular formula is C19H40O2Pb. The van der Waals surface area contributed by atoms with Crippen molar-refractivity contribution in [2.75, 3.05) is 6.61 Å². The number of hydrogen-bond acceptors (Lipinski definition) is 2. The standard InChI is InChI=1S/C19H38O2.Pb.2H/c1-3-5-6-7-8-9-10-11-12-13-14-15-16-17-19(20)21-18-4-2;;;/h3-18H2,1-2H3;;;. The van der Waals surface area contributed by atoms with Gasteiger partial charge in [0.2, 0.25) is 0 Å². The fourth-order valence-electron chi connectivity index (χ4n) is 2.58. The minimum absolute atomic E-state index is 0. The Kier molecular flexibility index (Phi) is 24.0. The second-order valence-electron chi connectivity index (χ2n) is 6.21. The van der Waals surface area contributed by atoms with E-state index >= 15 is 0 Å². The Bertz CT molecular complexity index is 219. The molecule has 0 saturated carbocycles. The number of ether oxygens (including phenoxy) is 1. The van der Waals surface area contributed by atoms with Crippen LogP contribution in [0, 0.1) is 0 Å². The summed E-state index contributed by atoms with van der Waals surface area (Å²) in [5, 5.41) is 0. The molecule has 2 nitrogen and oxygen atoms in total. The molecule has 0 spiro atoms. The van der Waals surface area contributed by atoms with Crippen molar-refractivity contribution in [2.24, 2.45) is 0 Å². The van der Waals surface area contributed by atoms with Gasteiger partial charge in [-0.15, -0.1) is 0 Å². The van der Waals surface area contributed by atoms with Gasteiger partial charge in [-0.05, 0) is 12.8 Å². The molecule has 0 aliphatic carbocycles. The molecule has 0 saturated heterocycles. The fourth-order valence-corrected chi connectivity index (χ4v) is 2.58. The Morgan fingerprint density at radius 1 is 0.636 bits per heavy atom. The summed E-state index contributed by atoms with van der Waals surface area (Å²) < 4.78 is 5.06. The predicted octanol–water partition coefficient (Wildman–Crippen LogP) is 5.50. The van der Waals surface area contributed by atoms with Gasteiger partial charge in [0.15, 0.2) is 0 Å². The van der Waals surface area contributed by atoms with Gasteiger partial charge in [-0.1, -0.05) is 90.9 Å². The second-order valence-corrected chi connectivity index (χ2v) is 6.21. The molecule has 132 valence electrons. The van der Waals surface area contributed by atoms with Crippen LogP contribution in [0.4, 0.5) is 0 Å². The molecule has 0 unspecified atom stereocenters. The normalized spacial score (nSPS) is 10.3. The molecule has 0 fully saturated rings. The number of carbonyl (C=O) groups excluding carboxylic acids is 1. The van der Waals surface area contributed by atoms with E-state index in [4.69, 9.17) is 4.74 Å². The van der Waals surface area contributed by atoms with Gasteiger partial charge in [0.25, 0.3) is 0 Å². The molecule has 0 aliphatic heterocycles. The van der Waals surface area contributed by atoms with E-state index in [2.05, 4.69) is 6.92 Å². The van der Waals surface area contributed by atoms with Gasteiger partial charge in [0.05, 0.1) is 6.61 Å². The van der Waals surface area contributed by atoms with Crippen molar-refractivity contribution in [1.29, 1.82) is 0 Å². The van der Waals surface area contributed by atoms with Crippen LogP contribution in [0.3, 0.4) is 0 Å². The van der Waals surface area contributed by atoms with Crippen molar-refractivity contribution < 1.29 is 9.53 Å². The third-order valence-corrected chi connectivity index (χ3v) is 3.95. The first-order valence-corrected chi connectivity index (χ1v) is 9.46. The van der Waals surface area contributed by atoms with Crippen LogP contribution in [0.2, 0.25) is 0 Å². The van der Waals surface area contributed by atoms with Gasteiger partial charge in [0, 0.05) is 6.42 Å². The van der Waals surface area contributed by atoms with E-state index in [-0.39, 0.29) is 33.3 Å². The molecule has 0 aromatic carbocycles. The summed E-state index contributed by atoms with van der Waals surface area (Å²) in [5.74, 6) is -0.0140. The average Bonchev–Trinajstić information content (AvgIpc) is 2.49. The summed E-state index contributed by atoms with van der Waals surface area (Å²) in [4.78, 5) is 11.3. The van der Waals surface area contributed by atoms with Crippen molar-refractivity contribution in [2.45, 2.75) is 110 Å². The summed E-state index contributed by atoms with van der Waals surface area (Å²) in [6, 6.07) is 0. The quantitative estimate of drug-likeness (QED) is 0.157. The van der Waals surface area contributed by atoms with Gasteiger partial charge in [-0.2, -0.15) is 0 Å². The molecule has 0 aliphatic rings. The third kappa shape index (κ3) is 20.4. The van der Waals surface area contributed by atoms with Crippen LogP contribution in [0.25, 0.3) is 0 Å².